The van der Waals surface area contributed by atoms with Gasteiger partial charge in [-0.15, -0.1) is 4.91 Å². The quantitative estimate of drug-likeness (QED) is 0.736. The van der Waals surface area contributed by atoms with Gasteiger partial charge in [-0.05, 0) is 41.9 Å². The molecule has 2 rings (SSSR count). The molecule has 0 saturated heterocycles. The summed E-state index contributed by atoms with van der Waals surface area (Å²) in [7, 11) is 0. The molecule has 0 aliphatic rings. The molecule has 0 N–H and O–H groups in total. The molecule has 0 radical (unpaired) electrons. The third-order valence-electron chi connectivity index (χ3n) is 2.43. The molecule has 3 nitrogen and oxygen atoms in total. The third kappa shape index (κ3) is 2.46. The molecular weight excluding hydrogens is 259 g/mol. The average Bonchev–Trinajstić information content (AvgIpc) is 2.35. The van der Waals surface area contributed by atoms with Crippen LogP contribution in [0.1, 0.15) is 5.56 Å². The maximum atomic E-state index is 10.3. The van der Waals surface area contributed by atoms with Gasteiger partial charge in [0, 0.05) is 15.6 Å². The van der Waals surface area contributed by atoms with E-state index in [1.165, 1.54) is 6.20 Å². The Kier molecular flexibility index (Phi) is 3.41. The molecule has 0 spiro atoms. The van der Waals surface area contributed by atoms with Crippen LogP contribution < -0.4 is 0 Å². The molecule has 5 heteroatoms. The molecule has 0 bridgehead atoms. The van der Waals surface area contributed by atoms with Gasteiger partial charge in [0.1, 0.15) is 5.69 Å². The molecule has 17 heavy (non-hydrogen) atoms. The van der Waals surface area contributed by atoms with Gasteiger partial charge in [-0.3, -0.25) is 4.98 Å². The topological polar surface area (TPSA) is 42.3 Å². The van der Waals surface area contributed by atoms with E-state index in [1.54, 1.807) is 24.3 Å². The van der Waals surface area contributed by atoms with Gasteiger partial charge in [0.2, 0.25) is 0 Å². The molecule has 1 heterocycles. The highest BCUT2D eigenvalue weighted by Gasteiger charge is 2.06. The zero-order chi connectivity index (χ0) is 12.4. The Balaban J connectivity index is 2.49. The molecule has 1 aromatic carbocycles. The number of hydrogen-bond donors (Lipinski definition) is 0. The van der Waals surface area contributed by atoms with Crippen molar-refractivity contribution in [3.8, 4) is 11.3 Å². The Morgan fingerprint density at radius 1 is 1.18 bits per heavy atom. The first kappa shape index (κ1) is 12.0. The number of halogens is 2. The molecule has 0 fully saturated rings. The largest absolute Gasteiger partial charge is 0.254 e. The summed E-state index contributed by atoms with van der Waals surface area (Å²) < 4.78 is 0. The number of aromatic nitrogens is 1. The van der Waals surface area contributed by atoms with E-state index < -0.39 is 0 Å². The zero-order valence-corrected chi connectivity index (χ0v) is 10.5. The van der Waals surface area contributed by atoms with E-state index in [1.807, 2.05) is 6.92 Å². The molecule has 0 atom stereocenters. The fourth-order valence-corrected chi connectivity index (χ4v) is 1.89. The van der Waals surface area contributed by atoms with E-state index in [0.29, 0.717) is 15.7 Å². The van der Waals surface area contributed by atoms with Crippen LogP contribution in [0.15, 0.2) is 35.6 Å². The van der Waals surface area contributed by atoms with Crippen molar-refractivity contribution in [3.05, 3.63) is 51.0 Å². The van der Waals surface area contributed by atoms with Gasteiger partial charge in [-0.2, -0.15) is 0 Å². The smallest absolute Gasteiger partial charge is 0.126 e. The lowest BCUT2D eigenvalue weighted by molar-refractivity contribution is 1.30. The van der Waals surface area contributed by atoms with E-state index in [9.17, 15) is 4.91 Å². The summed E-state index contributed by atoms with van der Waals surface area (Å²) >= 11 is 12.1. The van der Waals surface area contributed by atoms with Gasteiger partial charge < -0.3 is 0 Å². The second kappa shape index (κ2) is 4.82. The summed E-state index contributed by atoms with van der Waals surface area (Å²) in [5.74, 6) is 0. The second-order valence-electron chi connectivity index (χ2n) is 3.56. The highest BCUT2D eigenvalue weighted by molar-refractivity contribution is 6.36. The fraction of sp³-hybridized carbons (Fsp3) is 0.0833. The fourth-order valence-electron chi connectivity index (χ4n) is 1.40. The van der Waals surface area contributed by atoms with E-state index in [4.69, 9.17) is 23.2 Å². The molecule has 86 valence electrons. The molecule has 0 aliphatic carbocycles. The van der Waals surface area contributed by atoms with E-state index in [0.717, 1.165) is 11.1 Å². The van der Waals surface area contributed by atoms with Crippen LogP contribution in [0.25, 0.3) is 11.3 Å². The Hall–Kier alpha value is -1.45. The van der Waals surface area contributed by atoms with Crippen LogP contribution in [0, 0.1) is 11.8 Å². The van der Waals surface area contributed by atoms with Crippen LogP contribution in [-0.2, 0) is 0 Å². The van der Waals surface area contributed by atoms with Crippen molar-refractivity contribution in [2.45, 2.75) is 6.92 Å². The first-order chi connectivity index (χ1) is 8.11. The number of rotatable bonds is 2. The SMILES string of the molecule is Cc1c(Cl)cc(-c2ccc(N=O)cn2)cc1Cl. The molecule has 0 aliphatic heterocycles. The summed E-state index contributed by atoms with van der Waals surface area (Å²) in [6, 6.07) is 6.88. The lowest BCUT2D eigenvalue weighted by atomic mass is 10.1. The van der Waals surface area contributed by atoms with Gasteiger partial charge in [0.05, 0.1) is 11.9 Å². The van der Waals surface area contributed by atoms with Gasteiger partial charge in [0.25, 0.3) is 0 Å². The number of hydrogen-bond acceptors (Lipinski definition) is 3. The first-order valence-corrected chi connectivity index (χ1v) is 5.63. The summed E-state index contributed by atoms with van der Waals surface area (Å²) in [6.07, 6.45) is 1.41. The molecule has 0 amide bonds. The average molecular weight is 267 g/mol. The van der Waals surface area contributed by atoms with Crippen LogP contribution in [0.5, 0.6) is 0 Å². The minimum Gasteiger partial charge on any atom is -0.254 e. The molecule has 1 aromatic heterocycles. The Morgan fingerprint density at radius 3 is 2.29 bits per heavy atom. The molecule has 0 saturated carbocycles. The number of pyridine rings is 1. The lowest BCUT2D eigenvalue weighted by Crippen LogP contribution is -1.85. The zero-order valence-electron chi connectivity index (χ0n) is 8.95. The minimum absolute atomic E-state index is 0.290. The van der Waals surface area contributed by atoms with Crippen LogP contribution >= 0.6 is 23.2 Å². The van der Waals surface area contributed by atoms with Crippen molar-refractivity contribution in [1.82, 2.24) is 4.98 Å². The Labute approximate surface area is 108 Å². The number of nitroso groups, excluding NO2 is 1. The first-order valence-electron chi connectivity index (χ1n) is 4.87. The van der Waals surface area contributed by atoms with Crippen LogP contribution in [0.4, 0.5) is 5.69 Å². The monoisotopic (exact) mass is 266 g/mol. The number of benzene rings is 1. The summed E-state index contributed by atoms with van der Waals surface area (Å²) in [4.78, 5) is 14.4. The predicted molar refractivity (Wildman–Crippen MR) is 69.9 cm³/mol. The van der Waals surface area contributed by atoms with Crippen molar-refractivity contribution in [2.75, 3.05) is 0 Å². The van der Waals surface area contributed by atoms with Crippen molar-refractivity contribution in [1.29, 1.82) is 0 Å². The Bertz CT molecular complexity index is 544. The van der Waals surface area contributed by atoms with E-state index in [-0.39, 0.29) is 5.69 Å². The van der Waals surface area contributed by atoms with Crippen molar-refractivity contribution in [3.63, 3.8) is 0 Å². The summed E-state index contributed by atoms with van der Waals surface area (Å²) in [5, 5.41) is 3.97. The van der Waals surface area contributed by atoms with Gasteiger partial charge in [-0.1, -0.05) is 23.2 Å². The lowest BCUT2D eigenvalue weighted by Gasteiger charge is -2.06. The maximum absolute atomic E-state index is 10.3. The van der Waals surface area contributed by atoms with E-state index >= 15 is 0 Å². The molecular formula is C12H8Cl2N2O. The molecule has 2 aromatic rings. The van der Waals surface area contributed by atoms with Crippen molar-refractivity contribution in [2.24, 2.45) is 5.18 Å². The predicted octanol–water partition coefficient (Wildman–Crippen LogP) is 4.76. The van der Waals surface area contributed by atoms with Gasteiger partial charge >= 0.3 is 0 Å². The third-order valence-corrected chi connectivity index (χ3v) is 3.22. The van der Waals surface area contributed by atoms with Crippen LogP contribution in [0.2, 0.25) is 10.0 Å². The van der Waals surface area contributed by atoms with Gasteiger partial charge in [-0.25, -0.2) is 0 Å². The molecule has 0 unspecified atom stereocenters. The maximum Gasteiger partial charge on any atom is 0.126 e. The highest BCUT2D eigenvalue weighted by Crippen LogP contribution is 2.30. The highest BCUT2D eigenvalue weighted by atomic mass is 35.5. The van der Waals surface area contributed by atoms with Crippen molar-refractivity contribution < 1.29 is 0 Å². The van der Waals surface area contributed by atoms with Gasteiger partial charge in [0.15, 0.2) is 0 Å². The second-order valence-corrected chi connectivity index (χ2v) is 4.37. The summed E-state index contributed by atoms with van der Waals surface area (Å²) in [5.41, 5.74) is 2.63. The van der Waals surface area contributed by atoms with Crippen LogP contribution in [-0.4, -0.2) is 4.98 Å². The normalized spacial score (nSPS) is 10.3. The van der Waals surface area contributed by atoms with Crippen molar-refractivity contribution >= 4 is 28.9 Å². The Morgan fingerprint density at radius 2 is 1.82 bits per heavy atom. The van der Waals surface area contributed by atoms with Crippen LogP contribution in [0.3, 0.4) is 0 Å². The standard InChI is InChI=1S/C12H8Cl2N2O/c1-7-10(13)4-8(5-11(7)14)12-3-2-9(16-17)6-15-12/h2-6H,1H3. The summed E-state index contributed by atoms with van der Waals surface area (Å²) in [6.45, 7) is 1.85. The van der Waals surface area contributed by atoms with E-state index in [2.05, 4.69) is 10.2 Å². The minimum atomic E-state index is 0.290. The number of nitrogens with zero attached hydrogens (tertiary/aromatic N) is 2.